The molecule has 0 saturated heterocycles. The highest BCUT2D eigenvalue weighted by Crippen LogP contribution is 2.20. The van der Waals surface area contributed by atoms with Crippen molar-refractivity contribution in [1.29, 1.82) is 0 Å². The molecule has 3 aromatic rings. The summed E-state index contributed by atoms with van der Waals surface area (Å²) in [6.45, 7) is 0.453. The average molecular weight is 335 g/mol. The predicted octanol–water partition coefficient (Wildman–Crippen LogP) is 3.59. The van der Waals surface area contributed by atoms with Crippen LogP contribution in [0, 0.1) is 0 Å². The van der Waals surface area contributed by atoms with E-state index in [9.17, 15) is 4.79 Å². The molecule has 1 heterocycles. The number of aryl methyl sites for hydroxylation is 1. The molecule has 0 amide bonds. The van der Waals surface area contributed by atoms with E-state index in [2.05, 4.69) is 22.2 Å². The van der Waals surface area contributed by atoms with Gasteiger partial charge in [0.05, 0.1) is 6.54 Å². The molecule has 1 aromatic heterocycles. The monoisotopic (exact) mass is 335 g/mol. The molecule has 1 unspecified atom stereocenters. The van der Waals surface area contributed by atoms with Crippen molar-refractivity contribution >= 4 is 5.97 Å². The Morgan fingerprint density at radius 3 is 2.44 bits per heavy atom. The number of carbonyl (C=O) groups excluding carboxylic acids is 1. The largest absolute Gasteiger partial charge is 0.455 e. The number of ether oxygens (including phenoxy) is 1. The van der Waals surface area contributed by atoms with Crippen LogP contribution in [0.5, 0.6) is 0 Å². The fourth-order valence-corrected chi connectivity index (χ4v) is 2.67. The maximum Gasteiger partial charge on any atom is 0.306 e. The second kappa shape index (κ2) is 8.78. The van der Waals surface area contributed by atoms with Crippen LogP contribution in [0.4, 0.5) is 0 Å². The molecule has 0 aliphatic rings. The van der Waals surface area contributed by atoms with E-state index in [1.54, 1.807) is 11.0 Å². The maximum atomic E-state index is 12.3. The summed E-state index contributed by atoms with van der Waals surface area (Å²) in [4.78, 5) is 16.2. The van der Waals surface area contributed by atoms with Gasteiger partial charge >= 0.3 is 5.97 Å². The Morgan fingerprint density at radius 2 is 1.76 bits per heavy atom. The van der Waals surface area contributed by atoms with Crippen LogP contribution in [0.2, 0.25) is 0 Å². The fraction of sp³-hybridized carbons (Fsp3) is 0.250. The molecule has 0 saturated carbocycles. The zero-order chi connectivity index (χ0) is 17.3. The van der Waals surface area contributed by atoms with E-state index >= 15 is 0 Å². The van der Waals surface area contributed by atoms with Gasteiger partial charge in [-0.25, -0.2) is 9.67 Å². The third-order valence-corrected chi connectivity index (χ3v) is 3.95. The minimum atomic E-state index is -0.368. The van der Waals surface area contributed by atoms with Crippen molar-refractivity contribution < 1.29 is 9.53 Å². The molecular formula is C20H21N3O2. The number of hydrogen-bond donors (Lipinski definition) is 0. The summed E-state index contributed by atoms with van der Waals surface area (Å²) in [7, 11) is 0. The SMILES string of the molecule is O=C(CCCc1ccccc1)OC(Cn1cncn1)c1ccccc1. The van der Waals surface area contributed by atoms with Gasteiger partial charge in [0, 0.05) is 6.42 Å². The number of hydrogen-bond acceptors (Lipinski definition) is 4. The number of aromatic nitrogens is 3. The number of benzene rings is 2. The molecule has 128 valence electrons. The van der Waals surface area contributed by atoms with Crippen molar-refractivity contribution in [3.63, 3.8) is 0 Å². The molecule has 5 heteroatoms. The van der Waals surface area contributed by atoms with Crippen LogP contribution < -0.4 is 0 Å². The predicted molar refractivity (Wildman–Crippen MR) is 94.7 cm³/mol. The van der Waals surface area contributed by atoms with Crippen molar-refractivity contribution in [2.75, 3.05) is 0 Å². The average Bonchev–Trinajstić information content (AvgIpc) is 3.16. The van der Waals surface area contributed by atoms with Gasteiger partial charge in [0.25, 0.3) is 0 Å². The van der Waals surface area contributed by atoms with Crippen molar-refractivity contribution in [2.45, 2.75) is 31.9 Å². The number of carbonyl (C=O) groups is 1. The first-order valence-electron chi connectivity index (χ1n) is 8.42. The number of esters is 1. The molecular weight excluding hydrogens is 314 g/mol. The molecule has 25 heavy (non-hydrogen) atoms. The Labute approximate surface area is 147 Å². The molecule has 0 aliphatic carbocycles. The van der Waals surface area contributed by atoms with E-state index in [-0.39, 0.29) is 12.1 Å². The second-order valence-corrected chi connectivity index (χ2v) is 5.85. The Bertz CT molecular complexity index is 758. The Balaban J connectivity index is 1.56. The molecule has 5 nitrogen and oxygen atoms in total. The van der Waals surface area contributed by atoms with E-state index in [1.807, 2.05) is 48.5 Å². The zero-order valence-electron chi connectivity index (χ0n) is 14.0. The molecule has 0 spiro atoms. The number of rotatable bonds is 8. The van der Waals surface area contributed by atoms with E-state index < -0.39 is 0 Å². The minimum absolute atomic E-state index is 0.190. The lowest BCUT2D eigenvalue weighted by molar-refractivity contribution is -0.150. The van der Waals surface area contributed by atoms with Crippen LogP contribution in [0.25, 0.3) is 0 Å². The Hall–Kier alpha value is -2.95. The van der Waals surface area contributed by atoms with Crippen LogP contribution in [-0.4, -0.2) is 20.7 Å². The minimum Gasteiger partial charge on any atom is -0.455 e. The molecule has 3 rings (SSSR count). The van der Waals surface area contributed by atoms with Crippen LogP contribution in [0.3, 0.4) is 0 Å². The van der Waals surface area contributed by atoms with Gasteiger partial charge in [0.2, 0.25) is 0 Å². The van der Waals surface area contributed by atoms with Crippen LogP contribution >= 0.6 is 0 Å². The smallest absolute Gasteiger partial charge is 0.306 e. The number of nitrogens with zero attached hydrogens (tertiary/aromatic N) is 3. The standard InChI is InChI=1S/C20H21N3O2/c24-20(13-7-10-17-8-3-1-4-9-17)25-19(14-23-16-21-15-22-23)18-11-5-2-6-12-18/h1-6,8-9,11-12,15-16,19H,7,10,13-14H2. The Kier molecular flexibility index (Phi) is 5.93. The van der Waals surface area contributed by atoms with Crippen molar-refractivity contribution in [3.8, 4) is 0 Å². The van der Waals surface area contributed by atoms with Gasteiger partial charge in [-0.05, 0) is 24.0 Å². The lowest BCUT2D eigenvalue weighted by Crippen LogP contribution is -2.17. The summed E-state index contributed by atoms with van der Waals surface area (Å²) in [5.41, 5.74) is 2.19. The van der Waals surface area contributed by atoms with E-state index in [0.717, 1.165) is 18.4 Å². The first-order valence-corrected chi connectivity index (χ1v) is 8.42. The second-order valence-electron chi connectivity index (χ2n) is 5.85. The molecule has 2 aromatic carbocycles. The van der Waals surface area contributed by atoms with Gasteiger partial charge in [-0.2, -0.15) is 5.10 Å². The molecule has 0 fully saturated rings. The Morgan fingerprint density at radius 1 is 1.04 bits per heavy atom. The van der Waals surface area contributed by atoms with Gasteiger partial charge < -0.3 is 4.74 Å². The van der Waals surface area contributed by atoms with Crippen molar-refractivity contribution in [3.05, 3.63) is 84.4 Å². The highest BCUT2D eigenvalue weighted by molar-refractivity contribution is 5.69. The summed E-state index contributed by atoms with van der Waals surface area (Å²) < 4.78 is 7.40. The van der Waals surface area contributed by atoms with Crippen LogP contribution in [-0.2, 0) is 22.5 Å². The third-order valence-electron chi connectivity index (χ3n) is 3.95. The molecule has 0 N–H and O–H groups in total. The third kappa shape index (κ3) is 5.28. The highest BCUT2D eigenvalue weighted by atomic mass is 16.5. The summed E-state index contributed by atoms with van der Waals surface area (Å²) in [6.07, 6.45) is 4.77. The fourth-order valence-electron chi connectivity index (χ4n) is 2.67. The summed E-state index contributed by atoms with van der Waals surface area (Å²) in [5, 5.41) is 4.10. The first-order chi connectivity index (χ1) is 12.3. The quantitative estimate of drug-likeness (QED) is 0.590. The van der Waals surface area contributed by atoms with E-state index in [4.69, 9.17) is 4.74 Å². The van der Waals surface area contributed by atoms with Gasteiger partial charge in [-0.15, -0.1) is 0 Å². The topological polar surface area (TPSA) is 57.0 Å². The highest BCUT2D eigenvalue weighted by Gasteiger charge is 2.17. The van der Waals surface area contributed by atoms with E-state index in [0.29, 0.717) is 13.0 Å². The summed E-state index contributed by atoms with van der Waals surface area (Å²) in [6, 6.07) is 19.9. The summed E-state index contributed by atoms with van der Waals surface area (Å²) in [5.74, 6) is -0.190. The van der Waals surface area contributed by atoms with Gasteiger partial charge in [0.15, 0.2) is 0 Å². The van der Waals surface area contributed by atoms with Gasteiger partial charge in [-0.1, -0.05) is 60.7 Å². The maximum absolute atomic E-state index is 12.3. The first kappa shape index (κ1) is 16.9. The lowest BCUT2D eigenvalue weighted by atomic mass is 10.1. The van der Waals surface area contributed by atoms with Crippen LogP contribution in [0.1, 0.15) is 30.1 Å². The molecule has 0 bridgehead atoms. The van der Waals surface area contributed by atoms with Crippen LogP contribution in [0.15, 0.2) is 73.3 Å². The molecule has 1 atom stereocenters. The lowest BCUT2D eigenvalue weighted by Gasteiger charge is -2.18. The van der Waals surface area contributed by atoms with Gasteiger partial charge in [-0.3, -0.25) is 4.79 Å². The van der Waals surface area contributed by atoms with Crippen molar-refractivity contribution in [2.24, 2.45) is 0 Å². The molecule has 0 aliphatic heterocycles. The zero-order valence-corrected chi connectivity index (χ0v) is 14.0. The summed E-state index contributed by atoms with van der Waals surface area (Å²) >= 11 is 0. The van der Waals surface area contributed by atoms with Gasteiger partial charge in [0.1, 0.15) is 18.8 Å². The van der Waals surface area contributed by atoms with E-state index in [1.165, 1.54) is 11.9 Å². The normalized spacial score (nSPS) is 11.8. The van der Waals surface area contributed by atoms with Crippen molar-refractivity contribution in [1.82, 2.24) is 14.8 Å². The molecule has 0 radical (unpaired) electrons.